The quantitative estimate of drug-likeness (QED) is 0.160. The Morgan fingerprint density at radius 3 is 1.71 bits per heavy atom. The van der Waals surface area contributed by atoms with Crippen LogP contribution < -0.4 is 4.90 Å². The van der Waals surface area contributed by atoms with E-state index in [2.05, 4.69) is 126 Å². The Hall–Kier alpha value is -5.47. The minimum atomic E-state index is -0.223. The monoisotopic (exact) mass is 537 g/mol. The van der Waals surface area contributed by atoms with E-state index in [0.29, 0.717) is 0 Å². The van der Waals surface area contributed by atoms with Crippen LogP contribution in [0.5, 0.6) is 0 Å². The number of hydrogen-bond acceptors (Lipinski definition) is 1. The molecule has 0 aliphatic rings. The third-order valence-corrected chi connectivity index (χ3v) is 8.76. The van der Waals surface area contributed by atoms with Crippen LogP contribution in [0, 0.1) is 5.82 Å². The Labute approximate surface area is 242 Å². The van der Waals surface area contributed by atoms with Gasteiger partial charge in [0.1, 0.15) is 5.82 Å². The fourth-order valence-corrected chi connectivity index (χ4v) is 6.88. The molecule has 9 aromatic carbocycles. The van der Waals surface area contributed by atoms with Crippen molar-refractivity contribution in [2.75, 3.05) is 4.90 Å². The predicted molar refractivity (Wildman–Crippen MR) is 177 cm³/mol. The van der Waals surface area contributed by atoms with Crippen molar-refractivity contribution in [2.24, 2.45) is 0 Å². The summed E-state index contributed by atoms with van der Waals surface area (Å²) in [6, 6.07) is 50.9. The Morgan fingerprint density at radius 2 is 0.952 bits per heavy atom. The fourth-order valence-electron chi connectivity index (χ4n) is 6.88. The summed E-state index contributed by atoms with van der Waals surface area (Å²) in [4.78, 5) is 2.42. The van der Waals surface area contributed by atoms with Crippen LogP contribution in [-0.4, -0.2) is 0 Å². The molecule has 0 amide bonds. The maximum atomic E-state index is 14.1. The van der Waals surface area contributed by atoms with Gasteiger partial charge in [-0.05, 0) is 84.9 Å². The molecule has 9 rings (SSSR count). The molecule has 0 unspecified atom stereocenters. The summed E-state index contributed by atoms with van der Waals surface area (Å²) in [7, 11) is 0. The smallest absolute Gasteiger partial charge is 0.123 e. The van der Waals surface area contributed by atoms with E-state index in [0.717, 1.165) is 27.8 Å². The molecular formula is C40H24FN. The highest BCUT2D eigenvalue weighted by Crippen LogP contribution is 2.48. The molecule has 42 heavy (non-hydrogen) atoms. The summed E-state index contributed by atoms with van der Waals surface area (Å²) in [6.45, 7) is 0. The molecule has 2 heteroatoms. The second-order valence-corrected chi connectivity index (χ2v) is 11.1. The molecule has 0 aliphatic carbocycles. The lowest BCUT2D eigenvalue weighted by molar-refractivity contribution is 0.630. The zero-order valence-electron chi connectivity index (χ0n) is 22.7. The molecule has 0 atom stereocenters. The van der Waals surface area contributed by atoms with Crippen LogP contribution in [0.25, 0.3) is 64.6 Å². The number of nitrogens with zero attached hydrogens (tertiary/aromatic N) is 1. The van der Waals surface area contributed by atoms with E-state index in [9.17, 15) is 4.39 Å². The maximum Gasteiger partial charge on any atom is 0.123 e. The highest BCUT2D eigenvalue weighted by atomic mass is 19.1. The van der Waals surface area contributed by atoms with Gasteiger partial charge in [-0.3, -0.25) is 0 Å². The molecule has 0 fully saturated rings. The van der Waals surface area contributed by atoms with Crippen molar-refractivity contribution >= 4 is 81.7 Å². The summed E-state index contributed by atoms with van der Waals surface area (Å²) in [5, 5.41) is 14.1. The number of halogens is 1. The normalized spacial score (nSPS) is 11.9. The van der Waals surface area contributed by atoms with Crippen molar-refractivity contribution in [3.8, 4) is 0 Å². The number of rotatable bonds is 3. The highest BCUT2D eigenvalue weighted by molar-refractivity contribution is 6.26. The van der Waals surface area contributed by atoms with Gasteiger partial charge >= 0.3 is 0 Å². The highest BCUT2D eigenvalue weighted by Gasteiger charge is 2.22. The van der Waals surface area contributed by atoms with Crippen LogP contribution in [0.3, 0.4) is 0 Å². The molecule has 0 aromatic heterocycles. The van der Waals surface area contributed by atoms with Crippen LogP contribution >= 0.6 is 0 Å². The third kappa shape index (κ3) is 3.36. The maximum absolute atomic E-state index is 14.1. The molecule has 0 N–H and O–H groups in total. The molecule has 1 nitrogen and oxygen atoms in total. The lowest BCUT2D eigenvalue weighted by Crippen LogP contribution is -2.12. The summed E-state index contributed by atoms with van der Waals surface area (Å²) in [5.41, 5.74) is 3.29. The number of benzene rings is 9. The van der Waals surface area contributed by atoms with Crippen molar-refractivity contribution in [1.82, 2.24) is 0 Å². The van der Waals surface area contributed by atoms with Gasteiger partial charge in [0.2, 0.25) is 0 Å². The van der Waals surface area contributed by atoms with Crippen LogP contribution in [0.2, 0.25) is 0 Å². The molecule has 0 bridgehead atoms. The zero-order chi connectivity index (χ0) is 27.8. The molecule has 0 radical (unpaired) electrons. The minimum absolute atomic E-state index is 0.223. The molecular weight excluding hydrogens is 513 g/mol. The molecule has 0 heterocycles. The number of anilines is 3. The topological polar surface area (TPSA) is 3.24 Å². The first kappa shape index (κ1) is 23.3. The van der Waals surface area contributed by atoms with Gasteiger partial charge in [0.25, 0.3) is 0 Å². The SMILES string of the molecule is Fc1ccc2cc(N(c3c4ccccc4cc4ccccc34)c3ccc4ccc5cccc6ccc3c4c56)ccc2c1. The van der Waals surface area contributed by atoms with E-state index in [1.165, 1.54) is 53.9 Å². The summed E-state index contributed by atoms with van der Waals surface area (Å²) >= 11 is 0. The second-order valence-electron chi connectivity index (χ2n) is 11.1. The fraction of sp³-hybridized carbons (Fsp3) is 0. The van der Waals surface area contributed by atoms with Gasteiger partial charge in [-0.15, -0.1) is 0 Å². The standard InChI is InChI=1S/C40H24FN/c41-32-18-14-29-24-33(19-15-28(29)23-32)42(40-34-10-3-1-6-30(34)22-31-7-2-4-11-35(31)40)37-21-17-27-13-12-25-8-5-9-26-16-20-36(37)39(27)38(25)26/h1-24H. The number of hydrogen-bond donors (Lipinski definition) is 0. The van der Waals surface area contributed by atoms with Gasteiger partial charge in [-0.25, -0.2) is 4.39 Å². The molecule has 9 aromatic rings. The summed E-state index contributed by atoms with van der Waals surface area (Å²) < 4.78 is 14.1. The molecule has 0 saturated heterocycles. The van der Waals surface area contributed by atoms with Crippen LogP contribution in [0.4, 0.5) is 21.5 Å². The largest absolute Gasteiger partial charge is 0.309 e. The van der Waals surface area contributed by atoms with Gasteiger partial charge in [0, 0.05) is 21.8 Å². The van der Waals surface area contributed by atoms with E-state index in [4.69, 9.17) is 0 Å². The minimum Gasteiger partial charge on any atom is -0.309 e. The van der Waals surface area contributed by atoms with Crippen LogP contribution in [0.15, 0.2) is 146 Å². The van der Waals surface area contributed by atoms with Crippen LogP contribution in [0.1, 0.15) is 0 Å². The summed E-state index contributed by atoms with van der Waals surface area (Å²) in [6.07, 6.45) is 0. The van der Waals surface area contributed by atoms with Gasteiger partial charge < -0.3 is 4.90 Å². The molecule has 0 saturated carbocycles. The Balaban J connectivity index is 1.45. The lowest BCUT2D eigenvalue weighted by atomic mass is 9.92. The lowest BCUT2D eigenvalue weighted by Gasteiger charge is -2.30. The number of fused-ring (bicyclic) bond motifs is 3. The predicted octanol–water partition coefficient (Wildman–Crippen LogP) is 11.7. The van der Waals surface area contributed by atoms with Gasteiger partial charge in [-0.1, -0.05) is 109 Å². The molecule has 0 spiro atoms. The van der Waals surface area contributed by atoms with Crippen LogP contribution in [-0.2, 0) is 0 Å². The van der Waals surface area contributed by atoms with E-state index in [1.54, 1.807) is 12.1 Å². The second kappa shape index (κ2) is 8.76. The Kier molecular flexibility index (Phi) is 4.85. The van der Waals surface area contributed by atoms with Crippen molar-refractivity contribution in [3.05, 3.63) is 151 Å². The first-order valence-corrected chi connectivity index (χ1v) is 14.3. The van der Waals surface area contributed by atoms with E-state index in [-0.39, 0.29) is 5.82 Å². The third-order valence-electron chi connectivity index (χ3n) is 8.76. The van der Waals surface area contributed by atoms with Crippen molar-refractivity contribution in [3.63, 3.8) is 0 Å². The zero-order valence-corrected chi connectivity index (χ0v) is 22.7. The first-order valence-electron chi connectivity index (χ1n) is 14.3. The van der Waals surface area contributed by atoms with Gasteiger partial charge in [0.15, 0.2) is 0 Å². The average molecular weight is 538 g/mol. The molecule has 0 aliphatic heterocycles. The average Bonchev–Trinajstić information content (AvgIpc) is 3.04. The Bertz CT molecular complexity index is 2420. The van der Waals surface area contributed by atoms with Gasteiger partial charge in [0.05, 0.1) is 11.4 Å². The summed E-state index contributed by atoms with van der Waals surface area (Å²) in [5.74, 6) is -0.223. The Morgan fingerprint density at radius 1 is 0.381 bits per heavy atom. The first-order chi connectivity index (χ1) is 20.7. The van der Waals surface area contributed by atoms with Crippen molar-refractivity contribution < 1.29 is 4.39 Å². The molecule has 196 valence electrons. The van der Waals surface area contributed by atoms with E-state index >= 15 is 0 Å². The van der Waals surface area contributed by atoms with E-state index < -0.39 is 0 Å². The van der Waals surface area contributed by atoms with Gasteiger partial charge in [-0.2, -0.15) is 0 Å². The van der Waals surface area contributed by atoms with E-state index in [1.807, 2.05) is 12.1 Å². The van der Waals surface area contributed by atoms with Crippen molar-refractivity contribution in [2.45, 2.75) is 0 Å². The van der Waals surface area contributed by atoms with Crippen molar-refractivity contribution in [1.29, 1.82) is 0 Å².